The van der Waals surface area contributed by atoms with Crippen LogP contribution in [0.25, 0.3) is 11.2 Å². The van der Waals surface area contributed by atoms with Crippen LogP contribution in [0.1, 0.15) is 27.0 Å². The molecule has 0 aliphatic carbocycles. The Balaban J connectivity index is 2.14. The van der Waals surface area contributed by atoms with Crippen molar-refractivity contribution in [2.45, 2.75) is 63.4 Å². The number of aromatic amines is 1. The summed E-state index contributed by atoms with van der Waals surface area (Å²) < 4.78 is 45.6. The summed E-state index contributed by atoms with van der Waals surface area (Å²) in [6.07, 6.45) is -4.48. The van der Waals surface area contributed by atoms with Gasteiger partial charge in [-0.25, -0.2) is 4.98 Å². The van der Waals surface area contributed by atoms with Crippen LogP contribution >= 0.6 is 15.6 Å². The number of nitrogens with zero attached hydrogens (tertiary/aromatic N) is 3. The molecule has 2 aromatic rings. The van der Waals surface area contributed by atoms with Gasteiger partial charge < -0.3 is 43.5 Å². The number of aromatic nitrogens is 4. The van der Waals surface area contributed by atoms with E-state index in [4.69, 9.17) is 24.3 Å². The third kappa shape index (κ3) is 6.45. The summed E-state index contributed by atoms with van der Waals surface area (Å²) in [5, 5.41) is -0.385. The van der Waals surface area contributed by atoms with Gasteiger partial charge in [0, 0.05) is 0 Å². The summed E-state index contributed by atoms with van der Waals surface area (Å²) in [5.74, 6) is -0.233. The average Bonchev–Trinajstić information content (AvgIpc) is 3.19. The number of nitrogen functional groups attached to an aromatic ring is 1. The second-order valence-electron chi connectivity index (χ2n) is 9.49. The molecular weight excluding hydrogens is 528 g/mol. The fourth-order valence-electron chi connectivity index (χ4n) is 3.29. The highest BCUT2D eigenvalue weighted by Gasteiger charge is 2.53. The number of phosphoric acid groups is 2. The molecule has 0 aromatic carbocycles. The maximum Gasteiger partial charge on any atom is 0.280 e. The van der Waals surface area contributed by atoms with Crippen LogP contribution in [0.5, 0.6) is 0 Å². The van der Waals surface area contributed by atoms with Crippen LogP contribution in [0, 0.1) is 0 Å². The second-order valence-corrected chi connectivity index (χ2v) is 16.6. The zero-order valence-electron chi connectivity index (χ0n) is 19.5. The summed E-state index contributed by atoms with van der Waals surface area (Å²) in [6, 6.07) is 0. The van der Waals surface area contributed by atoms with Crippen LogP contribution < -0.4 is 21.1 Å². The second kappa shape index (κ2) is 9.43. The van der Waals surface area contributed by atoms with Crippen molar-refractivity contribution < 1.29 is 46.9 Å². The molecule has 0 spiro atoms. The Hall–Kier alpha value is -1.49. The molecular formula is C16H27N5O11P2Si-2. The average molecular weight is 555 g/mol. The first-order valence-corrected chi connectivity index (χ1v) is 16.2. The van der Waals surface area contributed by atoms with Crippen molar-refractivity contribution >= 4 is 41.1 Å². The molecule has 2 aromatic heterocycles. The van der Waals surface area contributed by atoms with E-state index < -0.39 is 60.7 Å². The van der Waals surface area contributed by atoms with Crippen LogP contribution in [0.2, 0.25) is 18.1 Å². The number of nitrogens with one attached hydrogen (secondary N) is 1. The van der Waals surface area contributed by atoms with Crippen LogP contribution in [-0.4, -0.2) is 62.5 Å². The van der Waals surface area contributed by atoms with Crippen molar-refractivity contribution in [2.24, 2.45) is 0 Å². The Morgan fingerprint density at radius 2 is 1.89 bits per heavy atom. The molecule has 0 bridgehead atoms. The minimum absolute atomic E-state index is 0.0358. The zero-order valence-corrected chi connectivity index (χ0v) is 22.3. The van der Waals surface area contributed by atoms with Crippen molar-refractivity contribution in [2.75, 3.05) is 12.3 Å². The standard InChI is InChI=1S/C16H29N5O11P2Si/c1-16(2,3)35(4,5)32-11-10(31-34(26,27)28)8(6-29-33(23,24)25)30-14(11)21-7-18-9-12(21)19-15(17)20-13(9)22/h7-8,10-11,14H,6H2,1-5H3,(H2,23,24,25)(H2,26,27,28)(H3,17,19,20,22)/p-2/t8-,10?,11+,14-/m1/s1. The van der Waals surface area contributed by atoms with Crippen molar-refractivity contribution in [1.29, 1.82) is 0 Å². The molecule has 5 N–H and O–H groups in total. The van der Waals surface area contributed by atoms with Gasteiger partial charge in [-0.05, 0) is 18.1 Å². The first kappa shape index (κ1) is 28.1. The number of H-pyrrole nitrogens is 1. The molecule has 1 aliphatic rings. The van der Waals surface area contributed by atoms with Crippen LogP contribution in [0.4, 0.5) is 5.95 Å². The minimum Gasteiger partial charge on any atom is -0.756 e. The normalized spacial score (nSPS) is 27.1. The van der Waals surface area contributed by atoms with E-state index in [1.807, 2.05) is 33.9 Å². The first-order valence-electron chi connectivity index (χ1n) is 10.3. The monoisotopic (exact) mass is 555 g/mol. The van der Waals surface area contributed by atoms with E-state index in [2.05, 4.69) is 19.5 Å². The Kier molecular flexibility index (Phi) is 7.56. The molecule has 19 heteroatoms. The molecule has 198 valence electrons. The van der Waals surface area contributed by atoms with E-state index in [-0.39, 0.29) is 22.2 Å². The Morgan fingerprint density at radius 3 is 2.43 bits per heavy atom. The SMILES string of the molecule is CC(C)(C)[Si](C)(C)O[C@H]1C(OP(=O)([O-])O)[C@@H](COP(=O)([O-])O)O[C@H]1n1cnc2c(=O)[nH]c(N)nc21. The third-order valence-electron chi connectivity index (χ3n) is 5.90. The maximum absolute atomic E-state index is 12.2. The van der Waals surface area contributed by atoms with E-state index >= 15 is 0 Å². The number of phosphoric ester groups is 2. The molecule has 3 unspecified atom stereocenters. The van der Waals surface area contributed by atoms with Crippen molar-refractivity contribution in [1.82, 2.24) is 19.5 Å². The van der Waals surface area contributed by atoms with Gasteiger partial charge in [-0.15, -0.1) is 0 Å². The largest absolute Gasteiger partial charge is 0.756 e. The van der Waals surface area contributed by atoms with Crippen molar-refractivity contribution in [3.05, 3.63) is 16.7 Å². The molecule has 0 amide bonds. The van der Waals surface area contributed by atoms with Gasteiger partial charge in [-0.3, -0.25) is 23.5 Å². The number of nitrogens with two attached hydrogens (primary N) is 1. The lowest BCUT2D eigenvalue weighted by molar-refractivity contribution is -0.229. The van der Waals surface area contributed by atoms with Crippen LogP contribution in [0.15, 0.2) is 11.1 Å². The topological polar surface area (TPSA) is 247 Å². The van der Waals surface area contributed by atoms with E-state index in [0.29, 0.717) is 0 Å². The van der Waals surface area contributed by atoms with Crippen molar-refractivity contribution in [3.63, 3.8) is 0 Å². The number of ether oxygens (including phenoxy) is 1. The lowest BCUT2D eigenvalue weighted by Gasteiger charge is -2.41. The van der Waals surface area contributed by atoms with E-state index in [0.717, 1.165) is 0 Å². The van der Waals surface area contributed by atoms with Crippen molar-refractivity contribution in [3.8, 4) is 0 Å². The molecule has 35 heavy (non-hydrogen) atoms. The number of fused-ring (bicyclic) bond motifs is 1. The van der Waals surface area contributed by atoms with E-state index in [1.54, 1.807) is 0 Å². The van der Waals surface area contributed by atoms with Gasteiger partial charge in [0.15, 0.2) is 25.7 Å². The quantitative estimate of drug-likeness (QED) is 0.233. The van der Waals surface area contributed by atoms with Gasteiger partial charge in [0.2, 0.25) is 5.95 Å². The highest BCUT2D eigenvalue weighted by Crippen LogP contribution is 2.47. The number of anilines is 1. The Morgan fingerprint density at radius 1 is 1.26 bits per heavy atom. The predicted molar refractivity (Wildman–Crippen MR) is 119 cm³/mol. The molecule has 3 rings (SSSR count). The summed E-state index contributed by atoms with van der Waals surface area (Å²) in [7, 11) is -13.3. The summed E-state index contributed by atoms with van der Waals surface area (Å²) in [6.45, 7) is 8.58. The van der Waals surface area contributed by atoms with Gasteiger partial charge in [-0.2, -0.15) is 4.98 Å². The van der Waals surface area contributed by atoms with Gasteiger partial charge in [0.25, 0.3) is 21.2 Å². The fourth-order valence-corrected chi connectivity index (χ4v) is 5.47. The summed E-state index contributed by atoms with van der Waals surface area (Å²) >= 11 is 0. The van der Waals surface area contributed by atoms with Gasteiger partial charge in [0.05, 0.1) is 12.9 Å². The van der Waals surface area contributed by atoms with Crippen LogP contribution in [0.3, 0.4) is 0 Å². The minimum atomic E-state index is -5.40. The zero-order chi connectivity index (χ0) is 26.6. The van der Waals surface area contributed by atoms with Gasteiger partial charge in [-0.1, -0.05) is 20.8 Å². The third-order valence-corrected chi connectivity index (χ3v) is 11.4. The fraction of sp³-hybridized carbons (Fsp3) is 0.688. The van der Waals surface area contributed by atoms with E-state index in [1.165, 1.54) is 10.9 Å². The lowest BCUT2D eigenvalue weighted by Crippen LogP contribution is -2.49. The number of rotatable bonds is 8. The molecule has 1 saturated heterocycles. The molecule has 1 fully saturated rings. The number of hydrogen-bond acceptors (Lipinski definition) is 12. The maximum atomic E-state index is 12.2. The number of imidazole rings is 1. The highest BCUT2D eigenvalue weighted by molar-refractivity contribution is 7.45. The highest BCUT2D eigenvalue weighted by atomic mass is 31.2. The molecule has 16 nitrogen and oxygen atoms in total. The Labute approximate surface area is 200 Å². The molecule has 6 atom stereocenters. The van der Waals surface area contributed by atoms with Crippen LogP contribution in [-0.2, 0) is 27.3 Å². The molecule has 1 aliphatic heterocycles. The first-order chi connectivity index (χ1) is 15.8. The summed E-state index contributed by atoms with van der Waals surface area (Å²) in [5.41, 5.74) is 4.86. The molecule has 0 radical (unpaired) electrons. The number of hydrogen-bond donors (Lipinski definition) is 4. The lowest BCUT2D eigenvalue weighted by atomic mass is 10.1. The van der Waals surface area contributed by atoms with Gasteiger partial charge in [0.1, 0.15) is 18.3 Å². The predicted octanol–water partition coefficient (Wildman–Crippen LogP) is -0.687. The van der Waals surface area contributed by atoms with Gasteiger partial charge >= 0.3 is 0 Å². The molecule has 0 saturated carbocycles. The smallest absolute Gasteiger partial charge is 0.280 e. The summed E-state index contributed by atoms with van der Waals surface area (Å²) in [4.78, 5) is 63.9. The van der Waals surface area contributed by atoms with E-state index in [9.17, 15) is 28.6 Å². The molecule has 3 heterocycles. The Bertz CT molecular complexity index is 1230.